The molecular weight excluding hydrogens is 228 g/mol. The number of aliphatic carboxylic acids is 1. The van der Waals surface area contributed by atoms with E-state index < -0.39 is 29.7 Å². The summed E-state index contributed by atoms with van der Waals surface area (Å²) in [5.41, 5.74) is 0. The van der Waals surface area contributed by atoms with Gasteiger partial charge in [-0.3, -0.25) is 14.4 Å². The largest absolute Gasteiger partial charge is 0.481 e. The van der Waals surface area contributed by atoms with Crippen molar-refractivity contribution in [2.45, 2.75) is 27.2 Å². The number of esters is 2. The highest BCUT2D eigenvalue weighted by atomic mass is 16.6. The van der Waals surface area contributed by atoms with Crippen molar-refractivity contribution in [3.05, 3.63) is 0 Å². The summed E-state index contributed by atoms with van der Waals surface area (Å²) in [7, 11) is 0. The number of carbonyl (C=O) groups excluding carboxylic acids is 2. The molecule has 0 saturated heterocycles. The van der Waals surface area contributed by atoms with Crippen LogP contribution >= 0.6 is 0 Å². The van der Waals surface area contributed by atoms with Crippen LogP contribution < -0.4 is 0 Å². The fourth-order valence-electron chi connectivity index (χ4n) is 1.42. The molecule has 98 valence electrons. The number of carbonyl (C=O) groups is 3. The quantitative estimate of drug-likeness (QED) is 0.529. The second-order valence-corrected chi connectivity index (χ2v) is 3.56. The van der Waals surface area contributed by atoms with E-state index in [1.54, 1.807) is 13.8 Å². The average Bonchev–Trinajstić information content (AvgIpc) is 2.17. The van der Waals surface area contributed by atoms with Gasteiger partial charge < -0.3 is 14.6 Å². The Hall–Kier alpha value is -1.59. The van der Waals surface area contributed by atoms with Gasteiger partial charge in [-0.2, -0.15) is 0 Å². The monoisotopic (exact) mass is 246 g/mol. The van der Waals surface area contributed by atoms with Crippen LogP contribution in [0.15, 0.2) is 0 Å². The van der Waals surface area contributed by atoms with Gasteiger partial charge in [0.15, 0.2) is 5.92 Å². The number of hydrogen-bond acceptors (Lipinski definition) is 5. The minimum atomic E-state index is -1.18. The van der Waals surface area contributed by atoms with Crippen molar-refractivity contribution >= 4 is 17.9 Å². The Labute approximate surface area is 99.9 Å². The minimum Gasteiger partial charge on any atom is -0.481 e. The lowest BCUT2D eigenvalue weighted by atomic mass is 9.91. The highest BCUT2D eigenvalue weighted by Gasteiger charge is 2.35. The van der Waals surface area contributed by atoms with Crippen LogP contribution in [0, 0.1) is 11.8 Å². The minimum absolute atomic E-state index is 0.133. The van der Waals surface area contributed by atoms with Crippen molar-refractivity contribution in [3.63, 3.8) is 0 Å². The molecule has 0 heterocycles. The van der Waals surface area contributed by atoms with Crippen LogP contribution in [0.5, 0.6) is 0 Å². The van der Waals surface area contributed by atoms with Crippen LogP contribution in [-0.4, -0.2) is 36.2 Å². The van der Waals surface area contributed by atoms with Crippen molar-refractivity contribution in [2.75, 3.05) is 13.2 Å². The molecule has 0 aromatic heterocycles. The normalized spacial score (nSPS) is 12.0. The van der Waals surface area contributed by atoms with Crippen molar-refractivity contribution in [3.8, 4) is 0 Å². The lowest BCUT2D eigenvalue weighted by Gasteiger charge is -2.19. The Kier molecular flexibility index (Phi) is 6.93. The van der Waals surface area contributed by atoms with E-state index in [1.165, 1.54) is 6.92 Å². The van der Waals surface area contributed by atoms with Gasteiger partial charge in [-0.05, 0) is 19.8 Å². The molecule has 1 atom stereocenters. The van der Waals surface area contributed by atoms with E-state index in [1.807, 2.05) is 0 Å². The van der Waals surface area contributed by atoms with Crippen LogP contribution in [0.3, 0.4) is 0 Å². The lowest BCUT2D eigenvalue weighted by molar-refractivity contribution is -0.164. The van der Waals surface area contributed by atoms with Gasteiger partial charge in [0, 0.05) is 6.42 Å². The smallest absolute Gasteiger partial charge is 0.320 e. The van der Waals surface area contributed by atoms with Crippen molar-refractivity contribution in [1.82, 2.24) is 0 Å². The highest BCUT2D eigenvalue weighted by Crippen LogP contribution is 2.19. The molecule has 0 aliphatic rings. The maximum atomic E-state index is 11.6. The number of ether oxygens (including phenoxy) is 2. The Morgan fingerprint density at radius 2 is 1.47 bits per heavy atom. The van der Waals surface area contributed by atoms with Crippen LogP contribution in [0.1, 0.15) is 27.2 Å². The number of hydrogen-bond donors (Lipinski definition) is 1. The first kappa shape index (κ1) is 15.4. The van der Waals surface area contributed by atoms with E-state index in [2.05, 4.69) is 0 Å². The van der Waals surface area contributed by atoms with E-state index in [4.69, 9.17) is 14.6 Å². The van der Waals surface area contributed by atoms with Gasteiger partial charge in [0.2, 0.25) is 0 Å². The third-order valence-electron chi connectivity index (χ3n) is 2.15. The van der Waals surface area contributed by atoms with Gasteiger partial charge in [-0.15, -0.1) is 0 Å². The van der Waals surface area contributed by atoms with E-state index in [9.17, 15) is 14.4 Å². The second-order valence-electron chi connectivity index (χ2n) is 3.56. The molecule has 0 saturated carbocycles. The molecule has 1 N–H and O–H groups in total. The third kappa shape index (κ3) is 5.33. The molecule has 0 rings (SSSR count). The third-order valence-corrected chi connectivity index (χ3v) is 2.15. The molecule has 0 aromatic carbocycles. The maximum Gasteiger partial charge on any atom is 0.320 e. The van der Waals surface area contributed by atoms with Crippen LogP contribution in [0.2, 0.25) is 0 Å². The first-order valence-corrected chi connectivity index (χ1v) is 5.49. The predicted molar refractivity (Wildman–Crippen MR) is 58.2 cm³/mol. The Morgan fingerprint density at radius 1 is 1.06 bits per heavy atom. The van der Waals surface area contributed by atoms with Crippen molar-refractivity contribution in [1.29, 1.82) is 0 Å². The zero-order chi connectivity index (χ0) is 13.4. The summed E-state index contributed by atoms with van der Waals surface area (Å²) in [4.78, 5) is 33.7. The predicted octanol–water partition coefficient (Wildman–Crippen LogP) is 0.840. The standard InChI is InChI=1S/C11H18O6/c1-4-16-10(14)9(11(15)17-5-2)7(3)6-8(12)13/h7,9H,4-6H2,1-3H3,(H,12,13). The molecule has 0 aliphatic heterocycles. The van der Waals surface area contributed by atoms with Gasteiger partial charge in [-0.25, -0.2) is 0 Å². The Morgan fingerprint density at radius 3 is 1.76 bits per heavy atom. The molecule has 0 aliphatic carbocycles. The van der Waals surface area contributed by atoms with Gasteiger partial charge >= 0.3 is 17.9 Å². The van der Waals surface area contributed by atoms with Gasteiger partial charge in [0.05, 0.1) is 13.2 Å². The molecule has 0 amide bonds. The average molecular weight is 246 g/mol. The second kappa shape index (κ2) is 7.65. The van der Waals surface area contributed by atoms with E-state index in [0.29, 0.717) is 0 Å². The lowest BCUT2D eigenvalue weighted by Crippen LogP contribution is -2.34. The fraction of sp³-hybridized carbons (Fsp3) is 0.727. The molecule has 0 fully saturated rings. The summed E-state index contributed by atoms with van der Waals surface area (Å²) in [6.07, 6.45) is -0.289. The summed E-state index contributed by atoms with van der Waals surface area (Å²) in [6.45, 7) is 5.00. The molecule has 0 aromatic rings. The van der Waals surface area contributed by atoms with Crippen LogP contribution in [0.25, 0.3) is 0 Å². The van der Waals surface area contributed by atoms with Gasteiger partial charge in [-0.1, -0.05) is 6.92 Å². The van der Waals surface area contributed by atoms with E-state index in [-0.39, 0.29) is 19.6 Å². The number of rotatable bonds is 7. The van der Waals surface area contributed by atoms with Gasteiger partial charge in [0.1, 0.15) is 0 Å². The summed E-state index contributed by atoms with van der Waals surface area (Å²) < 4.78 is 9.48. The zero-order valence-electron chi connectivity index (χ0n) is 10.3. The summed E-state index contributed by atoms with van der Waals surface area (Å²) in [6, 6.07) is 0. The molecule has 0 spiro atoms. The Bertz CT molecular complexity index is 268. The Balaban J connectivity index is 4.76. The maximum absolute atomic E-state index is 11.6. The molecule has 1 unspecified atom stereocenters. The van der Waals surface area contributed by atoms with Crippen molar-refractivity contribution in [2.24, 2.45) is 11.8 Å². The molecule has 0 radical (unpaired) electrons. The van der Waals surface area contributed by atoms with E-state index in [0.717, 1.165) is 0 Å². The molecular formula is C11H18O6. The molecule has 0 bridgehead atoms. The highest BCUT2D eigenvalue weighted by molar-refractivity contribution is 5.95. The van der Waals surface area contributed by atoms with Crippen molar-refractivity contribution < 1.29 is 29.0 Å². The van der Waals surface area contributed by atoms with Crippen LogP contribution in [0.4, 0.5) is 0 Å². The van der Waals surface area contributed by atoms with Crippen LogP contribution in [-0.2, 0) is 23.9 Å². The summed E-state index contributed by atoms with van der Waals surface area (Å²) in [5.74, 6) is -4.38. The molecule has 6 nitrogen and oxygen atoms in total. The fourth-order valence-corrected chi connectivity index (χ4v) is 1.42. The molecule has 17 heavy (non-hydrogen) atoms. The number of carboxylic acids is 1. The zero-order valence-corrected chi connectivity index (χ0v) is 10.3. The topological polar surface area (TPSA) is 89.9 Å². The summed E-state index contributed by atoms with van der Waals surface area (Å²) >= 11 is 0. The van der Waals surface area contributed by atoms with Gasteiger partial charge in [0.25, 0.3) is 0 Å². The molecule has 6 heteroatoms. The van der Waals surface area contributed by atoms with E-state index >= 15 is 0 Å². The SMILES string of the molecule is CCOC(=O)C(C(=O)OCC)C(C)CC(=O)O. The first-order valence-electron chi connectivity index (χ1n) is 5.49. The first-order chi connectivity index (χ1) is 7.93. The number of carboxylic acid groups (broad SMARTS) is 1. The summed E-state index contributed by atoms with van der Waals surface area (Å²) in [5, 5.41) is 8.65.